The third-order valence-electron chi connectivity index (χ3n) is 1.82. The van der Waals surface area contributed by atoms with Gasteiger partial charge in [0.2, 0.25) is 10.0 Å². The Bertz CT molecular complexity index is 408. The fourth-order valence-corrected chi connectivity index (χ4v) is 2.61. The molecule has 1 atom stereocenters. The Labute approximate surface area is 81.9 Å². The van der Waals surface area contributed by atoms with Crippen molar-refractivity contribution in [3.63, 3.8) is 0 Å². The molecule has 1 unspecified atom stereocenters. The number of hydrogen-bond donors (Lipinski definition) is 1. The van der Waals surface area contributed by atoms with Gasteiger partial charge in [0.25, 0.3) is 0 Å². The van der Waals surface area contributed by atoms with E-state index in [0.717, 1.165) is 9.88 Å². The summed E-state index contributed by atoms with van der Waals surface area (Å²) in [6.07, 6.45) is 0. The van der Waals surface area contributed by atoms with Crippen LogP contribution in [0, 0.1) is 13.8 Å². The average molecular weight is 220 g/mol. The van der Waals surface area contributed by atoms with E-state index in [1.165, 1.54) is 11.3 Å². The molecule has 74 valence electrons. The lowest BCUT2D eigenvalue weighted by molar-refractivity contribution is 0.586. The summed E-state index contributed by atoms with van der Waals surface area (Å²) in [6.45, 7) is 5.25. The molecule has 0 aliphatic rings. The van der Waals surface area contributed by atoms with Crippen LogP contribution in [-0.2, 0) is 10.0 Å². The molecule has 6 heteroatoms. The Hall–Kier alpha value is -0.460. The summed E-state index contributed by atoms with van der Waals surface area (Å²) in [4.78, 5) is 5.05. The molecule has 0 radical (unpaired) electrons. The summed E-state index contributed by atoms with van der Waals surface area (Å²) < 4.78 is 22.1. The van der Waals surface area contributed by atoms with Gasteiger partial charge in [-0.05, 0) is 20.8 Å². The van der Waals surface area contributed by atoms with Gasteiger partial charge < -0.3 is 0 Å². The van der Waals surface area contributed by atoms with E-state index in [9.17, 15) is 8.42 Å². The van der Waals surface area contributed by atoms with Crippen LogP contribution in [0.4, 0.5) is 0 Å². The largest absolute Gasteiger partial charge is 0.245 e. The van der Waals surface area contributed by atoms with E-state index >= 15 is 0 Å². The molecule has 1 rings (SSSR count). The van der Waals surface area contributed by atoms with Crippen LogP contribution in [0.1, 0.15) is 27.8 Å². The van der Waals surface area contributed by atoms with Gasteiger partial charge in [-0.1, -0.05) is 0 Å². The average Bonchev–Trinajstić information content (AvgIpc) is 2.26. The molecular weight excluding hydrogens is 208 g/mol. The SMILES string of the molecule is Cc1nc(C(C)S(N)(=O)=O)c(C)s1. The highest BCUT2D eigenvalue weighted by atomic mass is 32.2. The number of sulfonamides is 1. The van der Waals surface area contributed by atoms with Crippen molar-refractivity contribution in [3.8, 4) is 0 Å². The summed E-state index contributed by atoms with van der Waals surface area (Å²) >= 11 is 1.48. The van der Waals surface area contributed by atoms with Crippen molar-refractivity contribution in [1.29, 1.82) is 0 Å². The van der Waals surface area contributed by atoms with Gasteiger partial charge in [-0.25, -0.2) is 18.5 Å². The topological polar surface area (TPSA) is 73.0 Å². The molecule has 1 aromatic heterocycles. The fourth-order valence-electron chi connectivity index (χ4n) is 1.08. The summed E-state index contributed by atoms with van der Waals surface area (Å²) in [6, 6.07) is 0. The van der Waals surface area contributed by atoms with Crippen LogP contribution in [0.3, 0.4) is 0 Å². The van der Waals surface area contributed by atoms with Gasteiger partial charge in [-0.2, -0.15) is 0 Å². The van der Waals surface area contributed by atoms with Gasteiger partial charge in [0, 0.05) is 4.88 Å². The molecule has 0 saturated carbocycles. The fraction of sp³-hybridized carbons (Fsp3) is 0.571. The molecule has 0 saturated heterocycles. The van der Waals surface area contributed by atoms with Crippen molar-refractivity contribution < 1.29 is 8.42 Å². The maximum absolute atomic E-state index is 11.0. The van der Waals surface area contributed by atoms with Crippen LogP contribution >= 0.6 is 11.3 Å². The molecule has 0 spiro atoms. The van der Waals surface area contributed by atoms with Crippen molar-refractivity contribution in [2.75, 3.05) is 0 Å². The molecule has 0 aliphatic heterocycles. The van der Waals surface area contributed by atoms with Crippen molar-refractivity contribution in [2.24, 2.45) is 5.14 Å². The van der Waals surface area contributed by atoms with E-state index in [1.54, 1.807) is 6.92 Å². The predicted molar refractivity (Wildman–Crippen MR) is 53.1 cm³/mol. The van der Waals surface area contributed by atoms with Gasteiger partial charge in [-0.15, -0.1) is 11.3 Å². The van der Waals surface area contributed by atoms with Gasteiger partial charge >= 0.3 is 0 Å². The minimum absolute atomic E-state index is 0.574. The number of aromatic nitrogens is 1. The van der Waals surface area contributed by atoms with Crippen LogP contribution in [0.5, 0.6) is 0 Å². The Morgan fingerprint density at radius 2 is 2.00 bits per heavy atom. The second-order valence-corrected chi connectivity index (χ2v) is 6.20. The molecule has 4 nitrogen and oxygen atoms in total. The Morgan fingerprint density at radius 1 is 1.46 bits per heavy atom. The van der Waals surface area contributed by atoms with Crippen LogP contribution in [0.15, 0.2) is 0 Å². The maximum Gasteiger partial charge on any atom is 0.217 e. The highest BCUT2D eigenvalue weighted by molar-refractivity contribution is 7.89. The minimum atomic E-state index is -3.52. The molecule has 1 heterocycles. The predicted octanol–water partition coefficient (Wildman–Crippen LogP) is 1.11. The molecule has 0 fully saturated rings. The lowest BCUT2D eigenvalue weighted by Crippen LogP contribution is -2.20. The maximum atomic E-state index is 11.0. The van der Waals surface area contributed by atoms with Crippen molar-refractivity contribution in [3.05, 3.63) is 15.6 Å². The summed E-state index contributed by atoms with van der Waals surface area (Å²) in [5.74, 6) is 0. The molecule has 13 heavy (non-hydrogen) atoms. The van der Waals surface area contributed by atoms with Crippen LogP contribution in [-0.4, -0.2) is 13.4 Å². The number of aryl methyl sites for hydroxylation is 2. The molecule has 0 bridgehead atoms. The Kier molecular flexibility index (Phi) is 2.74. The second-order valence-electron chi connectivity index (χ2n) is 2.91. The molecular formula is C7H12N2O2S2. The number of rotatable bonds is 2. The van der Waals surface area contributed by atoms with Gasteiger partial charge in [0.1, 0.15) is 5.25 Å². The van der Waals surface area contributed by atoms with E-state index in [1.807, 2.05) is 13.8 Å². The molecule has 0 aliphatic carbocycles. The Morgan fingerprint density at radius 3 is 2.31 bits per heavy atom. The normalized spacial score (nSPS) is 14.5. The van der Waals surface area contributed by atoms with E-state index in [0.29, 0.717) is 5.69 Å². The zero-order valence-electron chi connectivity index (χ0n) is 7.73. The number of hydrogen-bond acceptors (Lipinski definition) is 4. The molecule has 1 aromatic rings. The third kappa shape index (κ3) is 2.26. The lowest BCUT2D eigenvalue weighted by atomic mass is 10.3. The zero-order chi connectivity index (χ0) is 10.2. The number of primary sulfonamides is 1. The summed E-state index contributed by atoms with van der Waals surface area (Å²) in [5, 5.41) is 5.18. The van der Waals surface area contributed by atoms with Crippen molar-refractivity contribution in [2.45, 2.75) is 26.0 Å². The smallest absolute Gasteiger partial charge is 0.217 e. The van der Waals surface area contributed by atoms with E-state index in [4.69, 9.17) is 5.14 Å². The van der Waals surface area contributed by atoms with E-state index in [-0.39, 0.29) is 0 Å². The highest BCUT2D eigenvalue weighted by Gasteiger charge is 2.22. The van der Waals surface area contributed by atoms with Crippen molar-refractivity contribution >= 4 is 21.4 Å². The van der Waals surface area contributed by atoms with Gasteiger partial charge in [-0.3, -0.25) is 0 Å². The van der Waals surface area contributed by atoms with Gasteiger partial charge in [0.05, 0.1) is 10.7 Å². The first-order valence-corrected chi connectivity index (χ1v) is 6.20. The lowest BCUT2D eigenvalue weighted by Gasteiger charge is -2.06. The van der Waals surface area contributed by atoms with Gasteiger partial charge in [0.15, 0.2) is 0 Å². The third-order valence-corrected chi connectivity index (χ3v) is 3.93. The zero-order valence-corrected chi connectivity index (χ0v) is 9.37. The number of nitrogens with two attached hydrogens (primary N) is 1. The van der Waals surface area contributed by atoms with Crippen molar-refractivity contribution in [1.82, 2.24) is 4.98 Å². The van der Waals surface area contributed by atoms with E-state index in [2.05, 4.69) is 4.98 Å². The van der Waals surface area contributed by atoms with Crippen LogP contribution in [0.25, 0.3) is 0 Å². The first-order valence-electron chi connectivity index (χ1n) is 3.78. The number of nitrogens with zero attached hydrogens (tertiary/aromatic N) is 1. The Balaban J connectivity index is 3.16. The van der Waals surface area contributed by atoms with Crippen LogP contribution in [0.2, 0.25) is 0 Å². The van der Waals surface area contributed by atoms with E-state index < -0.39 is 15.3 Å². The van der Waals surface area contributed by atoms with Crippen LogP contribution < -0.4 is 5.14 Å². The number of thiazole rings is 1. The molecule has 0 amide bonds. The standard InChI is InChI=1S/C7H12N2O2S2/c1-4-7(9-6(3)12-4)5(2)13(8,10)11/h5H,1-3H3,(H2,8,10,11). The minimum Gasteiger partial charge on any atom is -0.245 e. The highest BCUT2D eigenvalue weighted by Crippen LogP contribution is 2.26. The monoisotopic (exact) mass is 220 g/mol. The quantitative estimate of drug-likeness (QED) is 0.811. The molecule has 2 N–H and O–H groups in total. The molecule has 0 aromatic carbocycles. The second kappa shape index (κ2) is 3.36. The first-order chi connectivity index (χ1) is 5.82. The summed E-state index contributed by atoms with van der Waals surface area (Å²) in [5.41, 5.74) is 0.574. The first kappa shape index (κ1) is 10.6. The summed E-state index contributed by atoms with van der Waals surface area (Å²) in [7, 11) is -3.52.